The molecule has 2 rings (SSSR count). The third-order valence-electron chi connectivity index (χ3n) is 1.51. The lowest BCUT2D eigenvalue weighted by atomic mass is 10.2. The summed E-state index contributed by atoms with van der Waals surface area (Å²) in [7, 11) is 0. The van der Waals surface area contributed by atoms with Crippen LogP contribution in [-0.2, 0) is 1.55 Å². The Labute approximate surface area is 91.8 Å². The van der Waals surface area contributed by atoms with E-state index in [1.807, 2.05) is 18.2 Å². The van der Waals surface area contributed by atoms with Crippen LogP contribution in [0.3, 0.4) is 0 Å². The van der Waals surface area contributed by atoms with E-state index in [0.29, 0.717) is 0 Å². The minimum Gasteiger partial charge on any atom is -0.155 e. The standard InChI is InChI=1S/C7H4I2N2/c8-7(9)5-3-1-2-4-6(5)10-11-7/h1-4H. The van der Waals surface area contributed by atoms with Crippen LogP contribution in [-0.4, -0.2) is 0 Å². The lowest BCUT2D eigenvalue weighted by Gasteiger charge is -2.07. The van der Waals surface area contributed by atoms with Crippen molar-refractivity contribution in [2.24, 2.45) is 10.2 Å². The van der Waals surface area contributed by atoms with Crippen molar-refractivity contribution in [1.82, 2.24) is 0 Å². The van der Waals surface area contributed by atoms with Crippen LogP contribution >= 0.6 is 45.2 Å². The number of halogens is 2. The van der Waals surface area contributed by atoms with Crippen molar-refractivity contribution < 1.29 is 0 Å². The first-order valence-electron chi connectivity index (χ1n) is 3.10. The average Bonchev–Trinajstić information content (AvgIpc) is 2.29. The van der Waals surface area contributed by atoms with E-state index in [9.17, 15) is 0 Å². The Morgan fingerprint density at radius 3 is 2.64 bits per heavy atom. The van der Waals surface area contributed by atoms with Gasteiger partial charge < -0.3 is 0 Å². The molecule has 0 radical (unpaired) electrons. The topological polar surface area (TPSA) is 24.7 Å². The highest BCUT2D eigenvalue weighted by molar-refractivity contribution is 14.2. The molecule has 0 N–H and O–H groups in total. The molecule has 1 aromatic carbocycles. The number of hydrogen-bond acceptors (Lipinski definition) is 2. The molecular weight excluding hydrogens is 366 g/mol. The number of hydrogen-bond donors (Lipinski definition) is 0. The highest BCUT2D eigenvalue weighted by Gasteiger charge is 2.31. The zero-order chi connectivity index (χ0) is 7.90. The van der Waals surface area contributed by atoms with Gasteiger partial charge in [0.25, 0.3) is 0 Å². The zero-order valence-corrected chi connectivity index (χ0v) is 9.77. The molecular formula is C7H4I2N2. The van der Waals surface area contributed by atoms with Gasteiger partial charge in [0, 0.05) is 5.56 Å². The number of rotatable bonds is 0. The molecule has 0 atom stereocenters. The second-order valence-corrected chi connectivity index (χ2v) is 7.44. The number of fused-ring (bicyclic) bond motifs is 1. The quantitative estimate of drug-likeness (QED) is 0.378. The third-order valence-corrected chi connectivity index (χ3v) is 3.11. The van der Waals surface area contributed by atoms with Gasteiger partial charge in [-0.25, -0.2) is 0 Å². The fourth-order valence-corrected chi connectivity index (χ4v) is 2.11. The first-order valence-corrected chi connectivity index (χ1v) is 5.26. The highest BCUT2D eigenvalue weighted by atomic mass is 127. The molecule has 0 spiro atoms. The van der Waals surface area contributed by atoms with Gasteiger partial charge in [0.1, 0.15) is 0 Å². The zero-order valence-electron chi connectivity index (χ0n) is 5.46. The van der Waals surface area contributed by atoms with Crippen LogP contribution in [0.2, 0.25) is 0 Å². The van der Waals surface area contributed by atoms with Crippen molar-refractivity contribution in [2.75, 3.05) is 0 Å². The van der Waals surface area contributed by atoms with E-state index in [1.54, 1.807) is 0 Å². The fraction of sp³-hybridized carbons (Fsp3) is 0.143. The largest absolute Gasteiger partial charge is 0.209 e. The molecule has 0 saturated carbocycles. The Kier molecular flexibility index (Phi) is 1.90. The van der Waals surface area contributed by atoms with E-state index in [1.165, 1.54) is 5.56 Å². The summed E-state index contributed by atoms with van der Waals surface area (Å²) < 4.78 is -0.174. The average molecular weight is 370 g/mol. The van der Waals surface area contributed by atoms with Gasteiger partial charge in [-0.2, -0.15) is 10.2 Å². The molecule has 11 heavy (non-hydrogen) atoms. The van der Waals surface area contributed by atoms with Crippen molar-refractivity contribution in [3.8, 4) is 0 Å². The molecule has 0 aliphatic carbocycles. The van der Waals surface area contributed by atoms with Crippen molar-refractivity contribution in [2.45, 2.75) is 1.55 Å². The van der Waals surface area contributed by atoms with Gasteiger partial charge in [0.05, 0.1) is 5.69 Å². The Balaban J connectivity index is 2.64. The summed E-state index contributed by atoms with van der Waals surface area (Å²) in [5.74, 6) is 0. The third kappa shape index (κ3) is 1.30. The molecule has 0 bridgehead atoms. The molecule has 2 nitrogen and oxygen atoms in total. The molecule has 0 saturated heterocycles. The summed E-state index contributed by atoms with van der Waals surface area (Å²) in [4.78, 5) is 0. The molecule has 56 valence electrons. The summed E-state index contributed by atoms with van der Waals surface area (Å²) in [6, 6.07) is 8.04. The van der Waals surface area contributed by atoms with Crippen LogP contribution in [0.4, 0.5) is 5.69 Å². The van der Waals surface area contributed by atoms with Crippen molar-refractivity contribution in [1.29, 1.82) is 0 Å². The van der Waals surface area contributed by atoms with E-state index in [-0.39, 0.29) is 1.55 Å². The maximum Gasteiger partial charge on any atom is 0.209 e. The number of benzene rings is 1. The summed E-state index contributed by atoms with van der Waals surface area (Å²) in [6.45, 7) is 0. The lowest BCUT2D eigenvalue weighted by molar-refractivity contribution is 1.01. The molecule has 1 aliphatic heterocycles. The molecule has 0 amide bonds. The molecule has 4 heteroatoms. The molecule has 1 aromatic rings. The summed E-state index contributed by atoms with van der Waals surface area (Å²) in [5, 5.41) is 8.20. The summed E-state index contributed by atoms with van der Waals surface area (Å²) in [5.41, 5.74) is 2.19. The molecule has 1 aliphatic rings. The van der Waals surface area contributed by atoms with Crippen LogP contribution in [0.1, 0.15) is 5.56 Å². The first-order chi connectivity index (χ1) is 5.20. The van der Waals surface area contributed by atoms with Crippen LogP contribution < -0.4 is 0 Å². The monoisotopic (exact) mass is 370 g/mol. The highest BCUT2D eigenvalue weighted by Crippen LogP contribution is 2.49. The van der Waals surface area contributed by atoms with Gasteiger partial charge in [-0.3, -0.25) is 0 Å². The van der Waals surface area contributed by atoms with E-state index >= 15 is 0 Å². The predicted molar refractivity (Wildman–Crippen MR) is 60.7 cm³/mol. The SMILES string of the molecule is IC1(I)N=Nc2ccccc21. The molecule has 0 unspecified atom stereocenters. The maximum absolute atomic E-state index is 4.13. The van der Waals surface area contributed by atoms with E-state index < -0.39 is 0 Å². The fourth-order valence-electron chi connectivity index (χ4n) is 0.986. The van der Waals surface area contributed by atoms with Crippen LogP contribution in [0.15, 0.2) is 34.5 Å². The molecule has 0 aromatic heterocycles. The number of nitrogens with zero attached hydrogens (tertiary/aromatic N) is 2. The second kappa shape index (κ2) is 2.65. The van der Waals surface area contributed by atoms with Crippen LogP contribution in [0.25, 0.3) is 0 Å². The first kappa shape index (κ1) is 7.90. The van der Waals surface area contributed by atoms with Gasteiger partial charge in [-0.15, -0.1) is 0 Å². The molecule has 1 heterocycles. The van der Waals surface area contributed by atoms with E-state index in [4.69, 9.17) is 0 Å². The van der Waals surface area contributed by atoms with Gasteiger partial charge in [-0.1, -0.05) is 18.2 Å². The smallest absolute Gasteiger partial charge is 0.155 e. The van der Waals surface area contributed by atoms with Crippen LogP contribution in [0.5, 0.6) is 0 Å². The van der Waals surface area contributed by atoms with Gasteiger partial charge in [-0.05, 0) is 51.2 Å². The predicted octanol–water partition coefficient (Wildman–Crippen LogP) is 3.76. The summed E-state index contributed by atoms with van der Waals surface area (Å²) in [6.07, 6.45) is 0. The number of alkyl halides is 2. The Bertz CT molecular complexity index is 320. The van der Waals surface area contributed by atoms with E-state index in [2.05, 4.69) is 61.5 Å². The van der Waals surface area contributed by atoms with Crippen molar-refractivity contribution in [3.05, 3.63) is 29.8 Å². The minimum absolute atomic E-state index is 0.174. The Morgan fingerprint density at radius 2 is 1.91 bits per heavy atom. The van der Waals surface area contributed by atoms with Crippen molar-refractivity contribution in [3.63, 3.8) is 0 Å². The number of azo groups is 1. The molecule has 0 fully saturated rings. The Morgan fingerprint density at radius 1 is 1.18 bits per heavy atom. The van der Waals surface area contributed by atoms with Gasteiger partial charge >= 0.3 is 0 Å². The Hall–Kier alpha value is 0.280. The minimum atomic E-state index is -0.174. The van der Waals surface area contributed by atoms with Gasteiger partial charge in [0.2, 0.25) is 1.55 Å². The van der Waals surface area contributed by atoms with Gasteiger partial charge in [0.15, 0.2) is 0 Å². The normalized spacial score (nSPS) is 18.4. The maximum atomic E-state index is 4.13. The van der Waals surface area contributed by atoms with E-state index in [0.717, 1.165) is 5.69 Å². The second-order valence-electron chi connectivity index (χ2n) is 2.26. The van der Waals surface area contributed by atoms with Crippen molar-refractivity contribution >= 4 is 50.9 Å². The van der Waals surface area contributed by atoms with Crippen LogP contribution in [0, 0.1) is 0 Å². The lowest BCUT2D eigenvalue weighted by Crippen LogP contribution is -1.98. The summed E-state index contributed by atoms with van der Waals surface area (Å²) >= 11 is 4.57.